The number of hydrogen-bond acceptors (Lipinski definition) is 11. The Labute approximate surface area is 279 Å². The van der Waals surface area contributed by atoms with Gasteiger partial charge in [-0.3, -0.25) is 23.8 Å². The summed E-state index contributed by atoms with van der Waals surface area (Å²) in [6.07, 6.45) is -0.0920. The van der Waals surface area contributed by atoms with E-state index < -0.39 is 28.2 Å². The number of aryl methyl sites for hydroxylation is 2. The van der Waals surface area contributed by atoms with Crippen LogP contribution in [0.5, 0.6) is 17.2 Å². The van der Waals surface area contributed by atoms with Crippen molar-refractivity contribution in [2.24, 2.45) is 5.90 Å². The van der Waals surface area contributed by atoms with E-state index in [9.17, 15) is 28.5 Å². The topological polar surface area (TPSA) is 225 Å². The number of ether oxygens (including phenoxy) is 2. The number of phosphoric ester groups is 2. The first-order valence-corrected chi connectivity index (χ1v) is 18.1. The second kappa shape index (κ2) is 14.2. The van der Waals surface area contributed by atoms with Crippen molar-refractivity contribution in [3.63, 3.8) is 0 Å². The molecule has 2 unspecified atom stereocenters. The molecule has 0 radical (unpaired) electrons. The van der Waals surface area contributed by atoms with Crippen molar-refractivity contribution in [1.29, 1.82) is 0 Å². The number of methoxy groups -OCH3 is 2. The van der Waals surface area contributed by atoms with Gasteiger partial charge in [-0.15, -0.1) is 11.6 Å². The molecular weight excluding hydrogens is 694 g/mol. The highest BCUT2D eigenvalue weighted by Gasteiger charge is 2.40. The maximum Gasteiger partial charge on any atom is 0.536 e. The van der Waals surface area contributed by atoms with Crippen molar-refractivity contribution >= 4 is 66.4 Å². The summed E-state index contributed by atoms with van der Waals surface area (Å²) in [6, 6.07) is 6.59. The van der Waals surface area contributed by atoms with Gasteiger partial charge in [0, 0.05) is 52.9 Å². The van der Waals surface area contributed by atoms with Crippen LogP contribution in [-0.4, -0.2) is 71.3 Å². The number of nitrogens with one attached hydrogen (secondary N) is 2. The molecule has 19 heteroatoms. The van der Waals surface area contributed by atoms with Gasteiger partial charge in [0.25, 0.3) is 5.91 Å². The average molecular weight is 729 g/mol. The quantitative estimate of drug-likeness (QED) is 0.0464. The maximum atomic E-state index is 14.1. The van der Waals surface area contributed by atoms with Crippen LogP contribution in [0.1, 0.15) is 46.1 Å². The van der Waals surface area contributed by atoms with Crippen molar-refractivity contribution in [3.8, 4) is 17.2 Å². The Morgan fingerprint density at radius 2 is 1.79 bits per heavy atom. The molecule has 2 aromatic heterocycles. The second-order valence-corrected chi connectivity index (χ2v) is 14.4. The lowest BCUT2D eigenvalue weighted by Crippen LogP contribution is -2.30. The number of benzene rings is 2. The Bertz CT molecular complexity index is 1980. The fourth-order valence-corrected chi connectivity index (χ4v) is 8.21. The molecular formula is C29H35ClN4O12P2. The van der Waals surface area contributed by atoms with E-state index in [1.807, 2.05) is 6.92 Å². The molecule has 0 saturated carbocycles. The Morgan fingerprint density at radius 3 is 2.46 bits per heavy atom. The molecule has 0 bridgehead atoms. The number of aromatic amines is 2. The first-order chi connectivity index (χ1) is 22.7. The fourth-order valence-electron chi connectivity index (χ4n) is 5.84. The van der Waals surface area contributed by atoms with Crippen LogP contribution in [0.2, 0.25) is 0 Å². The van der Waals surface area contributed by atoms with Crippen LogP contribution in [0.3, 0.4) is 0 Å². The number of rotatable bonds is 15. The minimum Gasteiger partial charge on any atom is -0.493 e. The van der Waals surface area contributed by atoms with Gasteiger partial charge >= 0.3 is 15.6 Å². The lowest BCUT2D eigenvalue weighted by Gasteiger charge is -2.20. The van der Waals surface area contributed by atoms with Gasteiger partial charge in [-0.25, -0.2) is 15.0 Å². The van der Waals surface area contributed by atoms with Crippen molar-refractivity contribution in [3.05, 3.63) is 46.8 Å². The smallest absolute Gasteiger partial charge is 0.493 e. The van der Waals surface area contributed by atoms with Crippen LogP contribution in [0.25, 0.3) is 21.8 Å². The number of Topliss-reactive ketones (excluding diaryl/α,β-unsaturated/α-hetero) is 1. The number of fused-ring (bicyclic) bond motifs is 4. The van der Waals surface area contributed by atoms with Gasteiger partial charge in [0.15, 0.2) is 23.0 Å². The third-order valence-corrected chi connectivity index (χ3v) is 10.8. The van der Waals surface area contributed by atoms with Crippen LogP contribution in [0, 0.1) is 13.8 Å². The lowest BCUT2D eigenvalue weighted by atomic mass is 9.99. The molecule has 1 amide bonds. The zero-order chi connectivity index (χ0) is 35.0. The molecule has 3 atom stereocenters. The third kappa shape index (κ3) is 7.27. The molecule has 260 valence electrons. The molecule has 3 heterocycles. The number of H-pyrrole nitrogens is 2. The minimum atomic E-state index is -5.32. The van der Waals surface area contributed by atoms with E-state index in [1.54, 1.807) is 25.1 Å². The molecule has 2 aromatic carbocycles. The molecule has 48 heavy (non-hydrogen) atoms. The van der Waals surface area contributed by atoms with Crippen molar-refractivity contribution < 1.29 is 56.2 Å². The van der Waals surface area contributed by atoms with Crippen molar-refractivity contribution in [1.82, 2.24) is 9.97 Å². The van der Waals surface area contributed by atoms with Gasteiger partial charge in [-0.05, 0) is 44.0 Å². The predicted octanol–water partition coefficient (Wildman–Crippen LogP) is 5.12. The summed E-state index contributed by atoms with van der Waals surface area (Å²) in [5.74, 6) is 4.69. The van der Waals surface area contributed by atoms with Crippen LogP contribution >= 0.6 is 27.2 Å². The predicted molar refractivity (Wildman–Crippen MR) is 176 cm³/mol. The number of carbonyl (C=O) groups is 2. The van der Waals surface area contributed by atoms with Crippen molar-refractivity contribution in [2.75, 3.05) is 44.8 Å². The van der Waals surface area contributed by atoms with Crippen LogP contribution in [-0.2, 0) is 27.6 Å². The van der Waals surface area contributed by atoms with Gasteiger partial charge in [-0.1, -0.05) is 0 Å². The van der Waals surface area contributed by atoms with E-state index in [2.05, 4.69) is 19.1 Å². The number of anilines is 1. The zero-order valence-electron chi connectivity index (χ0n) is 26.4. The highest BCUT2D eigenvalue weighted by atomic mass is 35.5. The number of phosphoric acid groups is 2. The molecule has 5 rings (SSSR count). The second-order valence-electron chi connectivity index (χ2n) is 11.1. The maximum absolute atomic E-state index is 14.1. The van der Waals surface area contributed by atoms with Crippen molar-refractivity contribution in [2.45, 2.75) is 32.6 Å². The van der Waals surface area contributed by atoms with E-state index >= 15 is 0 Å². The fraction of sp³-hybridized carbons (Fsp3) is 0.379. The van der Waals surface area contributed by atoms with Gasteiger partial charge in [0.05, 0.1) is 37.5 Å². The molecule has 16 nitrogen and oxygen atoms in total. The van der Waals surface area contributed by atoms with Crippen LogP contribution in [0.15, 0.2) is 24.3 Å². The Balaban J connectivity index is 1.46. The van der Waals surface area contributed by atoms with Gasteiger partial charge < -0.3 is 33.8 Å². The molecule has 0 aliphatic carbocycles. The number of hydrogen-bond donors (Lipinski definition) is 5. The monoisotopic (exact) mass is 728 g/mol. The van der Waals surface area contributed by atoms with E-state index in [1.165, 1.54) is 25.2 Å². The number of carbonyl (C=O) groups excluding carboxylic acids is 2. The van der Waals surface area contributed by atoms with Gasteiger partial charge in [-0.2, -0.15) is 4.31 Å². The summed E-state index contributed by atoms with van der Waals surface area (Å²) in [6.45, 7) is 2.99. The van der Waals surface area contributed by atoms with Crippen LogP contribution in [0.4, 0.5) is 5.69 Å². The van der Waals surface area contributed by atoms with E-state index in [0.29, 0.717) is 44.7 Å². The van der Waals surface area contributed by atoms with Gasteiger partial charge in [0.1, 0.15) is 12.3 Å². The number of alkyl halides is 1. The highest BCUT2D eigenvalue weighted by Crippen LogP contribution is 2.61. The minimum absolute atomic E-state index is 0.0114. The molecule has 0 spiro atoms. The molecule has 6 N–H and O–H groups in total. The molecule has 0 saturated heterocycles. The first-order valence-electron chi connectivity index (χ1n) is 14.5. The first kappa shape index (κ1) is 35.9. The number of halogens is 1. The summed E-state index contributed by atoms with van der Waals surface area (Å²) in [4.78, 5) is 58.2. The van der Waals surface area contributed by atoms with E-state index in [4.69, 9.17) is 36.0 Å². The zero-order valence-corrected chi connectivity index (χ0v) is 28.9. The summed E-state index contributed by atoms with van der Waals surface area (Å²) in [7, 11) is -7.41. The largest absolute Gasteiger partial charge is 0.536 e. The average Bonchev–Trinajstić information content (AvgIpc) is 3.73. The van der Waals surface area contributed by atoms with E-state index in [-0.39, 0.29) is 60.5 Å². The molecule has 1 aliphatic heterocycles. The molecule has 0 fully saturated rings. The number of amides is 1. The molecule has 4 aromatic rings. The summed E-state index contributed by atoms with van der Waals surface area (Å²) < 4.78 is 51.1. The highest BCUT2D eigenvalue weighted by molar-refractivity contribution is 7.61. The van der Waals surface area contributed by atoms with Gasteiger partial charge in [0.2, 0.25) is 0 Å². The number of nitrogens with two attached hydrogens (primary N) is 1. The normalized spacial score (nSPS) is 16.9. The van der Waals surface area contributed by atoms with E-state index in [0.717, 1.165) is 5.56 Å². The standard InChI is InChI=1S/C29H35ClN4O12P2/c1-15-8-20-25-18(12-30)13-34(29(36)21-9-17-10-24(41-3)28(42-4)16(2)26(17)33-21)22(25)11-23(27(20)32-15)45-48(39,40)46-47(37,38)44-7-5-6-19(35)14-43-31/h8-11,18,32-33H,5-7,12-14,31H2,1-4H3,(H,37,38)(H,39,40)/t18-/m1/s1. The summed E-state index contributed by atoms with van der Waals surface area (Å²) in [5, 5.41) is 1.28. The number of ketones is 1. The number of nitrogens with zero attached hydrogens (tertiary/aromatic N) is 1. The summed E-state index contributed by atoms with van der Waals surface area (Å²) in [5.41, 5.74) is 3.68. The third-order valence-electron chi connectivity index (χ3n) is 7.81. The number of aromatic nitrogens is 2. The Morgan fingerprint density at radius 1 is 1.04 bits per heavy atom. The lowest BCUT2D eigenvalue weighted by molar-refractivity contribution is -0.123. The Kier molecular flexibility index (Phi) is 10.6. The summed E-state index contributed by atoms with van der Waals surface area (Å²) >= 11 is 6.39. The SMILES string of the molecule is COc1cc2cc(C(=O)N3C[C@@H](CCl)c4c3cc(OP(=O)(O)OP(=O)(O)OCCCC(=O)CON)c3[nH]c(C)cc43)[nH]c2c(C)c1OC. The Hall–Kier alpha value is -3.43. The molecule has 1 aliphatic rings. The van der Waals surface area contributed by atoms with Crippen LogP contribution < -0.4 is 24.8 Å².